The average molecular weight is 413 g/mol. The summed E-state index contributed by atoms with van der Waals surface area (Å²) in [6.07, 6.45) is 1.40. The van der Waals surface area contributed by atoms with Crippen molar-refractivity contribution in [3.8, 4) is 29.1 Å². The smallest absolute Gasteiger partial charge is 0.267 e. The van der Waals surface area contributed by atoms with E-state index >= 15 is 0 Å². The van der Waals surface area contributed by atoms with E-state index in [1.165, 1.54) is 6.20 Å². The van der Waals surface area contributed by atoms with Crippen molar-refractivity contribution in [2.75, 3.05) is 12.1 Å². The van der Waals surface area contributed by atoms with Crippen molar-refractivity contribution >= 4 is 11.6 Å². The molecule has 1 aliphatic rings. The first-order valence-corrected chi connectivity index (χ1v) is 9.58. The Morgan fingerprint density at radius 1 is 1.00 bits per heavy atom. The zero-order chi connectivity index (χ0) is 21.5. The fraction of sp³-hybridized carbons (Fsp3) is 0.0833. The molecule has 0 spiro atoms. The van der Waals surface area contributed by atoms with Crippen LogP contribution in [0.3, 0.4) is 0 Å². The van der Waals surface area contributed by atoms with E-state index in [9.17, 15) is 10.1 Å². The maximum atomic E-state index is 12.4. The molecule has 7 heteroatoms. The molecule has 0 fully saturated rings. The third-order valence-corrected chi connectivity index (χ3v) is 4.45. The van der Waals surface area contributed by atoms with Gasteiger partial charge in [-0.1, -0.05) is 24.3 Å². The molecule has 2 N–H and O–H groups in total. The van der Waals surface area contributed by atoms with E-state index in [4.69, 9.17) is 14.2 Å². The van der Waals surface area contributed by atoms with E-state index in [0.29, 0.717) is 29.5 Å². The lowest BCUT2D eigenvalue weighted by Gasteiger charge is -2.08. The number of nitriles is 1. The number of hydrogen-bond acceptors (Lipinski definition) is 6. The molecule has 1 heterocycles. The molecule has 7 nitrogen and oxygen atoms in total. The van der Waals surface area contributed by atoms with Crippen LogP contribution in [-0.4, -0.2) is 12.7 Å². The molecule has 0 unspecified atom stereocenters. The summed E-state index contributed by atoms with van der Waals surface area (Å²) < 4.78 is 16.3. The lowest BCUT2D eigenvalue weighted by molar-refractivity contribution is -0.112. The number of rotatable bonds is 7. The quantitative estimate of drug-likeness (QED) is 0.442. The Hall–Kier alpha value is -4.44. The van der Waals surface area contributed by atoms with Gasteiger partial charge < -0.3 is 24.8 Å². The van der Waals surface area contributed by atoms with E-state index in [0.717, 1.165) is 11.3 Å². The fourth-order valence-corrected chi connectivity index (χ4v) is 2.90. The van der Waals surface area contributed by atoms with E-state index in [1.807, 2.05) is 54.6 Å². The molecule has 3 aromatic rings. The SMILES string of the molecule is N#C/C(=C/NCc1ccc2c(c1)OCO2)C(=O)Nc1ccc(Oc2ccccc2)cc1. The number of benzene rings is 3. The minimum Gasteiger partial charge on any atom is -0.457 e. The average Bonchev–Trinajstić information content (AvgIpc) is 3.27. The van der Waals surface area contributed by atoms with Crippen LogP contribution in [-0.2, 0) is 11.3 Å². The fourth-order valence-electron chi connectivity index (χ4n) is 2.90. The predicted molar refractivity (Wildman–Crippen MR) is 115 cm³/mol. The highest BCUT2D eigenvalue weighted by Gasteiger charge is 2.13. The van der Waals surface area contributed by atoms with Crippen molar-refractivity contribution in [2.24, 2.45) is 0 Å². The standard InChI is InChI=1S/C24H19N3O4/c25-13-18(15-26-14-17-6-11-22-23(12-17)30-16-29-22)24(28)27-19-7-9-21(10-8-19)31-20-4-2-1-3-5-20/h1-12,15,26H,14,16H2,(H,27,28)/b18-15-. The van der Waals surface area contributed by atoms with Crippen LogP contribution in [0.15, 0.2) is 84.6 Å². The Labute approximate surface area is 179 Å². The van der Waals surface area contributed by atoms with Crippen LogP contribution in [0.4, 0.5) is 5.69 Å². The molecule has 0 saturated carbocycles. The van der Waals surface area contributed by atoms with Gasteiger partial charge in [-0.2, -0.15) is 5.26 Å². The molecule has 31 heavy (non-hydrogen) atoms. The maximum absolute atomic E-state index is 12.4. The lowest BCUT2D eigenvalue weighted by atomic mass is 10.2. The first kappa shape index (κ1) is 19.9. The number of nitrogens with one attached hydrogen (secondary N) is 2. The van der Waals surface area contributed by atoms with Gasteiger partial charge in [-0.05, 0) is 54.1 Å². The molecule has 3 aromatic carbocycles. The molecular weight excluding hydrogens is 394 g/mol. The lowest BCUT2D eigenvalue weighted by Crippen LogP contribution is -2.16. The third-order valence-electron chi connectivity index (χ3n) is 4.45. The van der Waals surface area contributed by atoms with Gasteiger partial charge in [0.15, 0.2) is 11.5 Å². The molecule has 0 saturated heterocycles. The number of ether oxygens (including phenoxy) is 3. The van der Waals surface area contributed by atoms with E-state index in [2.05, 4.69) is 10.6 Å². The van der Waals surface area contributed by atoms with Crippen molar-refractivity contribution in [3.05, 3.63) is 90.1 Å². The van der Waals surface area contributed by atoms with Crippen LogP contribution in [0.1, 0.15) is 5.56 Å². The third kappa shape index (κ3) is 5.14. The summed E-state index contributed by atoms with van der Waals surface area (Å²) in [5.41, 5.74) is 1.46. The molecule has 0 aliphatic carbocycles. The minimum atomic E-state index is -0.502. The van der Waals surface area contributed by atoms with Crippen LogP contribution >= 0.6 is 0 Å². The second-order valence-electron chi connectivity index (χ2n) is 6.63. The molecular formula is C24H19N3O4. The number of hydrogen-bond donors (Lipinski definition) is 2. The van der Waals surface area contributed by atoms with Gasteiger partial charge in [0.05, 0.1) is 0 Å². The van der Waals surface area contributed by atoms with Crippen molar-refractivity contribution in [1.29, 1.82) is 5.26 Å². The van der Waals surface area contributed by atoms with Gasteiger partial charge in [-0.3, -0.25) is 4.79 Å². The minimum absolute atomic E-state index is 0.0367. The van der Waals surface area contributed by atoms with Gasteiger partial charge in [-0.25, -0.2) is 0 Å². The van der Waals surface area contributed by atoms with Crippen molar-refractivity contribution in [2.45, 2.75) is 6.54 Å². The van der Waals surface area contributed by atoms with Crippen molar-refractivity contribution < 1.29 is 19.0 Å². The normalized spacial score (nSPS) is 12.0. The molecule has 1 amide bonds. The van der Waals surface area contributed by atoms with Crippen LogP contribution < -0.4 is 24.8 Å². The molecule has 0 bridgehead atoms. The monoisotopic (exact) mass is 413 g/mol. The summed E-state index contributed by atoms with van der Waals surface area (Å²) in [7, 11) is 0. The Bertz CT molecular complexity index is 1140. The topological polar surface area (TPSA) is 92.6 Å². The summed E-state index contributed by atoms with van der Waals surface area (Å²) in [5, 5.41) is 15.0. The highest BCUT2D eigenvalue weighted by Crippen LogP contribution is 2.32. The number of para-hydroxylation sites is 1. The first-order chi connectivity index (χ1) is 15.2. The Balaban J connectivity index is 1.32. The van der Waals surface area contributed by atoms with Gasteiger partial charge in [0, 0.05) is 18.4 Å². The zero-order valence-electron chi connectivity index (χ0n) is 16.5. The van der Waals surface area contributed by atoms with Gasteiger partial charge in [-0.15, -0.1) is 0 Å². The van der Waals surface area contributed by atoms with Crippen LogP contribution in [0.2, 0.25) is 0 Å². The molecule has 0 aromatic heterocycles. The molecule has 0 atom stereocenters. The number of carbonyl (C=O) groups is 1. The molecule has 154 valence electrons. The van der Waals surface area contributed by atoms with Gasteiger partial charge >= 0.3 is 0 Å². The van der Waals surface area contributed by atoms with Crippen LogP contribution in [0.25, 0.3) is 0 Å². The van der Waals surface area contributed by atoms with E-state index in [1.54, 1.807) is 24.3 Å². The summed E-state index contributed by atoms with van der Waals surface area (Å²) in [6.45, 7) is 0.644. The van der Waals surface area contributed by atoms with Crippen LogP contribution in [0, 0.1) is 11.3 Å². The summed E-state index contributed by atoms with van der Waals surface area (Å²) in [6, 6.07) is 23.8. The van der Waals surface area contributed by atoms with Crippen LogP contribution in [0.5, 0.6) is 23.0 Å². The Morgan fingerprint density at radius 3 is 2.52 bits per heavy atom. The Kier molecular flexibility index (Phi) is 6.00. The Morgan fingerprint density at radius 2 is 1.74 bits per heavy atom. The maximum Gasteiger partial charge on any atom is 0.267 e. The number of amides is 1. The van der Waals surface area contributed by atoms with Gasteiger partial charge in [0.25, 0.3) is 5.91 Å². The molecule has 4 rings (SSSR count). The second kappa shape index (κ2) is 9.37. The van der Waals surface area contributed by atoms with Crippen molar-refractivity contribution in [3.63, 3.8) is 0 Å². The van der Waals surface area contributed by atoms with E-state index < -0.39 is 5.91 Å². The van der Waals surface area contributed by atoms with Gasteiger partial charge in [0.1, 0.15) is 23.1 Å². The summed E-state index contributed by atoms with van der Waals surface area (Å²) >= 11 is 0. The highest BCUT2D eigenvalue weighted by atomic mass is 16.7. The summed E-state index contributed by atoms with van der Waals surface area (Å²) in [4.78, 5) is 12.4. The predicted octanol–water partition coefficient (Wildman–Crippen LogP) is 4.34. The number of nitrogens with zero attached hydrogens (tertiary/aromatic N) is 1. The van der Waals surface area contributed by atoms with E-state index in [-0.39, 0.29) is 12.4 Å². The number of fused-ring (bicyclic) bond motifs is 1. The number of carbonyl (C=O) groups excluding carboxylic acids is 1. The summed E-state index contributed by atoms with van der Waals surface area (Å²) in [5.74, 6) is 2.25. The zero-order valence-corrected chi connectivity index (χ0v) is 16.5. The first-order valence-electron chi connectivity index (χ1n) is 9.58. The molecule has 0 radical (unpaired) electrons. The largest absolute Gasteiger partial charge is 0.457 e. The highest BCUT2D eigenvalue weighted by molar-refractivity contribution is 6.06. The second-order valence-corrected chi connectivity index (χ2v) is 6.63. The number of anilines is 1. The van der Waals surface area contributed by atoms with Crippen molar-refractivity contribution in [1.82, 2.24) is 5.32 Å². The van der Waals surface area contributed by atoms with Gasteiger partial charge in [0.2, 0.25) is 6.79 Å². The molecule has 1 aliphatic heterocycles.